The summed E-state index contributed by atoms with van der Waals surface area (Å²) in [5.41, 5.74) is 0. The minimum atomic E-state index is 0.0659. The molecule has 1 aromatic heterocycles. The SMILES string of the molecule is CN(CC1CCCCC1)C(=O)n1cc[n+](C)c1. The third kappa shape index (κ3) is 3.08. The molecule has 0 unspecified atom stereocenters. The second kappa shape index (κ2) is 5.34. The molecule has 1 fully saturated rings. The van der Waals surface area contributed by atoms with Crippen LogP contribution in [0.5, 0.6) is 0 Å². The molecule has 0 aromatic carbocycles. The maximum Gasteiger partial charge on any atom is 0.415 e. The van der Waals surface area contributed by atoms with Crippen LogP contribution in [0.1, 0.15) is 32.1 Å². The van der Waals surface area contributed by atoms with Gasteiger partial charge in [-0.1, -0.05) is 19.3 Å². The number of aromatic nitrogens is 2. The molecule has 0 saturated heterocycles. The summed E-state index contributed by atoms with van der Waals surface area (Å²) in [6.45, 7) is 0.890. The van der Waals surface area contributed by atoms with Gasteiger partial charge in [0.1, 0.15) is 12.4 Å². The number of hydrogen-bond acceptors (Lipinski definition) is 1. The van der Waals surface area contributed by atoms with E-state index in [1.165, 1.54) is 32.1 Å². The van der Waals surface area contributed by atoms with E-state index in [4.69, 9.17) is 0 Å². The van der Waals surface area contributed by atoms with Crippen molar-refractivity contribution >= 4 is 6.03 Å². The van der Waals surface area contributed by atoms with Crippen LogP contribution in [0.2, 0.25) is 0 Å². The summed E-state index contributed by atoms with van der Waals surface area (Å²) in [4.78, 5) is 14.0. The van der Waals surface area contributed by atoms with Gasteiger partial charge in [-0.05, 0) is 18.8 Å². The topological polar surface area (TPSA) is 29.1 Å². The van der Waals surface area contributed by atoms with E-state index in [9.17, 15) is 4.79 Å². The van der Waals surface area contributed by atoms with Crippen molar-refractivity contribution in [2.75, 3.05) is 13.6 Å². The van der Waals surface area contributed by atoms with Crippen LogP contribution in [-0.4, -0.2) is 29.1 Å². The van der Waals surface area contributed by atoms with Gasteiger partial charge >= 0.3 is 6.03 Å². The van der Waals surface area contributed by atoms with Gasteiger partial charge in [0.05, 0.1) is 7.05 Å². The zero-order chi connectivity index (χ0) is 12.3. The minimum absolute atomic E-state index is 0.0659. The Hall–Kier alpha value is -1.32. The predicted molar refractivity (Wildman–Crippen MR) is 65.6 cm³/mol. The van der Waals surface area contributed by atoms with Crippen LogP contribution < -0.4 is 4.57 Å². The molecule has 1 saturated carbocycles. The normalized spacial score (nSPS) is 17.1. The van der Waals surface area contributed by atoms with E-state index in [0.29, 0.717) is 5.92 Å². The first-order valence-corrected chi connectivity index (χ1v) is 6.45. The van der Waals surface area contributed by atoms with Gasteiger partial charge < -0.3 is 4.90 Å². The van der Waals surface area contributed by atoms with Crippen molar-refractivity contribution in [1.82, 2.24) is 9.47 Å². The van der Waals surface area contributed by atoms with Crippen molar-refractivity contribution in [1.29, 1.82) is 0 Å². The lowest BCUT2D eigenvalue weighted by Crippen LogP contribution is -2.36. The summed E-state index contributed by atoms with van der Waals surface area (Å²) in [7, 11) is 3.82. The second-order valence-corrected chi connectivity index (χ2v) is 5.15. The molecule has 2 rings (SSSR count). The molecular weight excluding hydrogens is 214 g/mol. The monoisotopic (exact) mass is 236 g/mol. The summed E-state index contributed by atoms with van der Waals surface area (Å²) in [6.07, 6.45) is 12.1. The Labute approximate surface area is 103 Å². The van der Waals surface area contributed by atoms with Crippen molar-refractivity contribution in [2.24, 2.45) is 13.0 Å². The lowest BCUT2D eigenvalue weighted by atomic mass is 9.89. The van der Waals surface area contributed by atoms with Crippen LogP contribution in [0, 0.1) is 5.92 Å². The number of amides is 1. The molecule has 1 aliphatic carbocycles. The highest BCUT2D eigenvalue weighted by molar-refractivity contribution is 5.76. The number of rotatable bonds is 2. The lowest BCUT2D eigenvalue weighted by Gasteiger charge is -2.25. The highest BCUT2D eigenvalue weighted by Gasteiger charge is 2.21. The van der Waals surface area contributed by atoms with Crippen molar-refractivity contribution in [3.05, 3.63) is 18.7 Å². The number of nitrogens with zero attached hydrogens (tertiary/aromatic N) is 3. The van der Waals surface area contributed by atoms with Crippen molar-refractivity contribution in [3.8, 4) is 0 Å². The van der Waals surface area contributed by atoms with Crippen molar-refractivity contribution < 1.29 is 9.36 Å². The Kier molecular flexibility index (Phi) is 3.82. The van der Waals surface area contributed by atoms with E-state index in [1.807, 2.05) is 29.8 Å². The molecule has 4 nitrogen and oxygen atoms in total. The molecule has 17 heavy (non-hydrogen) atoms. The highest BCUT2D eigenvalue weighted by atomic mass is 16.2. The van der Waals surface area contributed by atoms with Gasteiger partial charge in [-0.2, -0.15) is 4.57 Å². The third-order valence-electron chi connectivity index (χ3n) is 3.57. The molecule has 0 atom stereocenters. The summed E-state index contributed by atoms with van der Waals surface area (Å²) in [5.74, 6) is 0.696. The van der Waals surface area contributed by atoms with E-state index in [-0.39, 0.29) is 6.03 Å². The fourth-order valence-corrected chi connectivity index (χ4v) is 2.60. The van der Waals surface area contributed by atoms with Crippen LogP contribution in [0.15, 0.2) is 18.7 Å². The second-order valence-electron chi connectivity index (χ2n) is 5.15. The molecule has 4 heteroatoms. The lowest BCUT2D eigenvalue weighted by molar-refractivity contribution is -0.670. The molecule has 0 aliphatic heterocycles. The summed E-state index contributed by atoms with van der Waals surface area (Å²) < 4.78 is 3.52. The number of carbonyl (C=O) groups is 1. The molecular formula is C13H22N3O+. The molecule has 0 N–H and O–H groups in total. The summed E-state index contributed by atoms with van der Waals surface area (Å²) in [5, 5.41) is 0. The van der Waals surface area contributed by atoms with Gasteiger partial charge in [-0.15, -0.1) is 0 Å². The maximum atomic E-state index is 12.1. The summed E-state index contributed by atoms with van der Waals surface area (Å²) in [6, 6.07) is 0.0659. The maximum absolute atomic E-state index is 12.1. The third-order valence-corrected chi connectivity index (χ3v) is 3.57. The van der Waals surface area contributed by atoms with Gasteiger partial charge in [0.25, 0.3) is 6.33 Å². The van der Waals surface area contributed by atoms with Gasteiger partial charge in [0.2, 0.25) is 0 Å². The Morgan fingerprint density at radius 2 is 2.12 bits per heavy atom. The largest absolute Gasteiger partial charge is 0.415 e. The van der Waals surface area contributed by atoms with Crippen LogP contribution in [-0.2, 0) is 7.05 Å². The number of hydrogen-bond donors (Lipinski definition) is 0. The Morgan fingerprint density at radius 3 is 2.71 bits per heavy atom. The molecule has 0 bridgehead atoms. The minimum Gasteiger partial charge on any atom is -0.307 e. The van der Waals surface area contributed by atoms with E-state index >= 15 is 0 Å². The zero-order valence-electron chi connectivity index (χ0n) is 10.8. The van der Waals surface area contributed by atoms with E-state index in [2.05, 4.69) is 0 Å². The quantitative estimate of drug-likeness (QED) is 0.720. The molecule has 1 aliphatic rings. The van der Waals surface area contributed by atoms with E-state index < -0.39 is 0 Å². The molecule has 1 amide bonds. The van der Waals surface area contributed by atoms with E-state index in [0.717, 1.165) is 6.54 Å². The van der Waals surface area contributed by atoms with Crippen LogP contribution in [0.25, 0.3) is 0 Å². The predicted octanol–water partition coefficient (Wildman–Crippen LogP) is 1.79. The Bertz CT molecular complexity index is 380. The molecule has 1 heterocycles. The fourth-order valence-electron chi connectivity index (χ4n) is 2.60. The first-order valence-electron chi connectivity index (χ1n) is 6.45. The van der Waals surface area contributed by atoms with Crippen molar-refractivity contribution in [2.45, 2.75) is 32.1 Å². The molecule has 1 aromatic rings. The van der Waals surface area contributed by atoms with Crippen LogP contribution in [0.3, 0.4) is 0 Å². The Balaban J connectivity index is 1.90. The van der Waals surface area contributed by atoms with Crippen molar-refractivity contribution in [3.63, 3.8) is 0 Å². The summed E-state index contributed by atoms with van der Waals surface area (Å²) >= 11 is 0. The van der Waals surface area contributed by atoms with Crippen LogP contribution in [0.4, 0.5) is 4.79 Å². The number of imidazole rings is 1. The first kappa shape index (κ1) is 12.1. The average molecular weight is 236 g/mol. The number of aryl methyl sites for hydroxylation is 1. The van der Waals surface area contributed by atoms with Gasteiger partial charge in [0, 0.05) is 13.6 Å². The van der Waals surface area contributed by atoms with Crippen LogP contribution >= 0.6 is 0 Å². The molecule has 0 radical (unpaired) electrons. The first-order chi connectivity index (χ1) is 8.16. The smallest absolute Gasteiger partial charge is 0.307 e. The highest BCUT2D eigenvalue weighted by Crippen LogP contribution is 2.24. The van der Waals surface area contributed by atoms with E-state index in [1.54, 1.807) is 17.1 Å². The fraction of sp³-hybridized carbons (Fsp3) is 0.692. The van der Waals surface area contributed by atoms with Gasteiger partial charge in [-0.25, -0.2) is 9.36 Å². The number of carbonyl (C=O) groups excluding carboxylic acids is 1. The zero-order valence-corrected chi connectivity index (χ0v) is 10.8. The van der Waals surface area contributed by atoms with Gasteiger partial charge in [0.15, 0.2) is 0 Å². The van der Waals surface area contributed by atoms with Gasteiger partial charge in [-0.3, -0.25) is 0 Å². The standard InChI is InChI=1S/C13H22N3O/c1-14-8-9-16(11-14)13(17)15(2)10-12-6-4-3-5-7-12/h8-9,11-12H,3-7,10H2,1-2H3/q+1. The molecule has 0 spiro atoms. The average Bonchev–Trinajstić information content (AvgIpc) is 2.76. The molecule has 94 valence electrons. The Morgan fingerprint density at radius 1 is 1.41 bits per heavy atom.